The molecule has 0 spiro atoms. The summed E-state index contributed by atoms with van der Waals surface area (Å²) in [5.41, 5.74) is 2.56. The van der Waals surface area contributed by atoms with Crippen LogP contribution in [0.4, 0.5) is 0 Å². The summed E-state index contributed by atoms with van der Waals surface area (Å²) in [6.07, 6.45) is 5.23. The van der Waals surface area contributed by atoms with Crippen molar-refractivity contribution in [3.8, 4) is 5.75 Å². The van der Waals surface area contributed by atoms with Crippen LogP contribution >= 0.6 is 0 Å². The van der Waals surface area contributed by atoms with Crippen molar-refractivity contribution in [2.24, 2.45) is 11.3 Å². The molecule has 3 atom stereocenters. The topological polar surface area (TPSA) is 32.3 Å². The zero-order valence-corrected chi connectivity index (χ0v) is 14.2. The van der Waals surface area contributed by atoms with Crippen LogP contribution in [0.15, 0.2) is 18.2 Å². The highest BCUT2D eigenvalue weighted by molar-refractivity contribution is 5.37. The Labute approximate surface area is 130 Å². The molecule has 118 valence electrons. The van der Waals surface area contributed by atoms with Crippen LogP contribution in [0.2, 0.25) is 0 Å². The van der Waals surface area contributed by atoms with Gasteiger partial charge in [0, 0.05) is 17.6 Å². The summed E-state index contributed by atoms with van der Waals surface area (Å²) in [7, 11) is 0. The molecule has 0 aliphatic heterocycles. The second-order valence-electron chi connectivity index (χ2n) is 7.81. The average molecular weight is 289 g/mol. The molecule has 21 heavy (non-hydrogen) atoms. The minimum atomic E-state index is 0.192. The summed E-state index contributed by atoms with van der Waals surface area (Å²) in [6.45, 7) is 11.3. The molecular weight excluding hydrogens is 258 g/mol. The molecule has 1 aliphatic rings. The number of hydrogen-bond acceptors (Lipinski definition) is 2. The maximum Gasteiger partial charge on any atom is 0.120 e. The minimum absolute atomic E-state index is 0.192. The van der Waals surface area contributed by atoms with Gasteiger partial charge in [0.25, 0.3) is 0 Å². The Kier molecular flexibility index (Phi) is 4.98. The van der Waals surface area contributed by atoms with E-state index in [1.54, 1.807) is 0 Å². The van der Waals surface area contributed by atoms with E-state index in [0.29, 0.717) is 23.1 Å². The Morgan fingerprint density at radius 1 is 1.19 bits per heavy atom. The summed E-state index contributed by atoms with van der Waals surface area (Å²) in [5.74, 6) is 1.12. The van der Waals surface area contributed by atoms with Crippen LogP contribution in [0.1, 0.15) is 70.5 Å². The molecule has 2 N–H and O–H groups in total. The largest absolute Gasteiger partial charge is 0.508 e. The van der Waals surface area contributed by atoms with Crippen LogP contribution < -0.4 is 5.32 Å². The van der Waals surface area contributed by atoms with Crippen LogP contribution in [0, 0.1) is 18.3 Å². The highest BCUT2D eigenvalue weighted by Crippen LogP contribution is 2.39. The lowest BCUT2D eigenvalue weighted by molar-refractivity contribution is 0.124. The van der Waals surface area contributed by atoms with Gasteiger partial charge in [0.15, 0.2) is 0 Å². The minimum Gasteiger partial charge on any atom is -0.508 e. The quantitative estimate of drug-likeness (QED) is 0.824. The molecule has 2 rings (SSSR count). The van der Waals surface area contributed by atoms with Crippen molar-refractivity contribution in [3.05, 3.63) is 29.3 Å². The van der Waals surface area contributed by atoms with Gasteiger partial charge in [-0.05, 0) is 44.1 Å². The molecule has 1 aromatic carbocycles. The molecule has 0 amide bonds. The Morgan fingerprint density at radius 2 is 1.86 bits per heavy atom. The van der Waals surface area contributed by atoms with Crippen molar-refractivity contribution in [1.82, 2.24) is 5.32 Å². The van der Waals surface area contributed by atoms with Crippen molar-refractivity contribution in [1.29, 1.82) is 0 Å². The smallest absolute Gasteiger partial charge is 0.120 e. The maximum absolute atomic E-state index is 10.1. The molecule has 3 unspecified atom stereocenters. The van der Waals surface area contributed by atoms with Gasteiger partial charge < -0.3 is 10.4 Å². The molecule has 1 saturated carbocycles. The third-order valence-electron chi connectivity index (χ3n) is 4.99. The van der Waals surface area contributed by atoms with Gasteiger partial charge >= 0.3 is 0 Å². The SMILES string of the molecule is Cc1ccc(O)c(C(C)NC2CCCCC2C(C)(C)C)c1. The zero-order valence-electron chi connectivity index (χ0n) is 14.2. The van der Waals surface area contributed by atoms with Gasteiger partial charge in [-0.15, -0.1) is 0 Å². The molecule has 2 nitrogen and oxygen atoms in total. The van der Waals surface area contributed by atoms with Crippen LogP contribution in [-0.4, -0.2) is 11.1 Å². The number of aryl methyl sites for hydroxylation is 1. The standard InChI is InChI=1S/C19H31NO/c1-13-10-11-18(21)15(12-13)14(2)20-17-9-7-6-8-16(17)19(3,4)5/h10-12,14,16-17,20-21H,6-9H2,1-5H3. The molecule has 0 radical (unpaired) electrons. The third kappa shape index (κ3) is 4.00. The molecule has 1 aromatic rings. The van der Waals surface area contributed by atoms with Crippen molar-refractivity contribution in [2.45, 2.75) is 72.4 Å². The lowest BCUT2D eigenvalue weighted by atomic mass is 9.69. The summed E-state index contributed by atoms with van der Waals surface area (Å²) in [4.78, 5) is 0. The number of aromatic hydroxyl groups is 1. The fraction of sp³-hybridized carbons (Fsp3) is 0.684. The van der Waals surface area contributed by atoms with Crippen LogP contribution in [0.3, 0.4) is 0 Å². The van der Waals surface area contributed by atoms with Crippen molar-refractivity contribution in [3.63, 3.8) is 0 Å². The number of rotatable bonds is 3. The molecule has 0 saturated heterocycles. The molecule has 0 heterocycles. The van der Waals surface area contributed by atoms with E-state index < -0.39 is 0 Å². The summed E-state index contributed by atoms with van der Waals surface area (Å²) in [5, 5.41) is 13.9. The van der Waals surface area contributed by atoms with Gasteiger partial charge in [0.1, 0.15) is 5.75 Å². The van der Waals surface area contributed by atoms with Crippen LogP contribution in [0.25, 0.3) is 0 Å². The second-order valence-corrected chi connectivity index (χ2v) is 7.81. The van der Waals surface area contributed by atoms with Crippen LogP contribution in [0.5, 0.6) is 5.75 Å². The number of phenols is 1. The van der Waals surface area contributed by atoms with Gasteiger partial charge in [-0.3, -0.25) is 0 Å². The van der Waals surface area contributed by atoms with E-state index in [-0.39, 0.29) is 6.04 Å². The van der Waals surface area contributed by atoms with Crippen molar-refractivity contribution >= 4 is 0 Å². The number of phenolic OH excluding ortho intramolecular Hbond substituents is 1. The fourth-order valence-corrected chi connectivity index (χ4v) is 3.80. The number of nitrogens with one attached hydrogen (secondary N) is 1. The summed E-state index contributed by atoms with van der Waals surface area (Å²) < 4.78 is 0. The van der Waals surface area contributed by atoms with E-state index in [2.05, 4.69) is 46.0 Å². The van der Waals surface area contributed by atoms with Gasteiger partial charge in [0.2, 0.25) is 0 Å². The first kappa shape index (κ1) is 16.4. The highest BCUT2D eigenvalue weighted by Gasteiger charge is 2.34. The average Bonchev–Trinajstić information content (AvgIpc) is 2.41. The predicted molar refractivity (Wildman–Crippen MR) is 89.6 cm³/mol. The first-order valence-corrected chi connectivity index (χ1v) is 8.34. The van der Waals surface area contributed by atoms with Gasteiger partial charge in [-0.1, -0.05) is 51.3 Å². The van der Waals surface area contributed by atoms with Gasteiger partial charge in [-0.25, -0.2) is 0 Å². The number of hydrogen-bond donors (Lipinski definition) is 2. The van der Waals surface area contributed by atoms with E-state index >= 15 is 0 Å². The molecular formula is C19H31NO. The maximum atomic E-state index is 10.1. The highest BCUT2D eigenvalue weighted by atomic mass is 16.3. The summed E-state index contributed by atoms with van der Waals surface area (Å²) >= 11 is 0. The lowest BCUT2D eigenvalue weighted by Crippen LogP contribution is -2.45. The Bertz CT molecular complexity index is 475. The Morgan fingerprint density at radius 3 is 2.52 bits per heavy atom. The molecule has 0 bridgehead atoms. The van der Waals surface area contributed by atoms with Crippen LogP contribution in [-0.2, 0) is 0 Å². The van der Waals surface area contributed by atoms with Crippen molar-refractivity contribution in [2.75, 3.05) is 0 Å². The first-order chi connectivity index (χ1) is 9.79. The van der Waals surface area contributed by atoms with Gasteiger partial charge in [0.05, 0.1) is 0 Å². The second kappa shape index (κ2) is 6.39. The fourth-order valence-electron chi connectivity index (χ4n) is 3.80. The van der Waals surface area contributed by atoms with E-state index in [0.717, 1.165) is 5.56 Å². The monoisotopic (exact) mass is 289 g/mol. The first-order valence-electron chi connectivity index (χ1n) is 8.34. The Hall–Kier alpha value is -1.02. The Balaban J connectivity index is 2.13. The van der Waals surface area contributed by atoms with E-state index in [1.807, 2.05) is 12.1 Å². The molecule has 0 aromatic heterocycles. The lowest BCUT2D eigenvalue weighted by Gasteiger charge is -2.42. The molecule has 1 fully saturated rings. The summed E-state index contributed by atoms with van der Waals surface area (Å²) in [6, 6.07) is 6.61. The normalized spacial score (nSPS) is 24.8. The van der Waals surface area contributed by atoms with E-state index in [1.165, 1.54) is 31.2 Å². The van der Waals surface area contributed by atoms with E-state index in [9.17, 15) is 5.11 Å². The molecule has 2 heteroatoms. The van der Waals surface area contributed by atoms with Crippen molar-refractivity contribution < 1.29 is 5.11 Å². The van der Waals surface area contributed by atoms with Gasteiger partial charge in [-0.2, -0.15) is 0 Å². The van der Waals surface area contributed by atoms with E-state index in [4.69, 9.17) is 0 Å². The molecule has 1 aliphatic carbocycles. The number of benzene rings is 1. The predicted octanol–water partition coefficient (Wildman–Crippen LogP) is 4.96. The third-order valence-corrected chi connectivity index (χ3v) is 4.99. The zero-order chi connectivity index (χ0) is 15.6.